The second kappa shape index (κ2) is 5.01. The summed E-state index contributed by atoms with van der Waals surface area (Å²) in [6.45, 7) is 0.342. The number of rotatable bonds is 3. The Labute approximate surface area is 88.4 Å². The molecule has 1 amide bonds. The molecule has 0 atom stereocenters. The van der Waals surface area contributed by atoms with Crippen LogP contribution in [0.5, 0.6) is 0 Å². The van der Waals surface area contributed by atoms with E-state index < -0.39 is 6.09 Å². The Kier molecular flexibility index (Phi) is 3.69. The third-order valence-corrected chi connectivity index (χ3v) is 2.02. The van der Waals surface area contributed by atoms with Gasteiger partial charge in [0.05, 0.1) is 12.5 Å². The van der Waals surface area contributed by atoms with E-state index >= 15 is 0 Å². The van der Waals surface area contributed by atoms with Gasteiger partial charge in [-0.25, -0.2) is 4.79 Å². The maximum absolute atomic E-state index is 10.6. The van der Waals surface area contributed by atoms with Crippen LogP contribution in [0.3, 0.4) is 0 Å². The largest absolute Gasteiger partial charge is 0.465 e. The Hall–Kier alpha value is -2.02. The van der Waals surface area contributed by atoms with E-state index in [4.69, 9.17) is 10.4 Å². The van der Waals surface area contributed by atoms with Gasteiger partial charge in [-0.05, 0) is 11.1 Å². The van der Waals surface area contributed by atoms with Crippen molar-refractivity contribution in [3.05, 3.63) is 35.4 Å². The highest BCUT2D eigenvalue weighted by Crippen LogP contribution is 2.08. The van der Waals surface area contributed by atoms with E-state index in [2.05, 4.69) is 6.07 Å². The van der Waals surface area contributed by atoms with Gasteiger partial charge in [-0.15, -0.1) is 0 Å². The molecule has 0 saturated heterocycles. The minimum Gasteiger partial charge on any atom is -0.465 e. The third-order valence-electron chi connectivity index (χ3n) is 2.02. The molecule has 4 heteroatoms. The summed E-state index contributed by atoms with van der Waals surface area (Å²) >= 11 is 0. The zero-order valence-corrected chi connectivity index (χ0v) is 8.47. The van der Waals surface area contributed by atoms with Gasteiger partial charge < -0.3 is 10.0 Å². The van der Waals surface area contributed by atoms with Crippen molar-refractivity contribution in [2.75, 3.05) is 7.05 Å². The van der Waals surface area contributed by atoms with Crippen LogP contribution in [-0.4, -0.2) is 23.1 Å². The predicted octanol–water partition coefficient (Wildman–Crippen LogP) is 1.86. The van der Waals surface area contributed by atoms with Crippen LogP contribution in [0.15, 0.2) is 24.3 Å². The van der Waals surface area contributed by atoms with Crippen LogP contribution in [0.2, 0.25) is 0 Å². The summed E-state index contributed by atoms with van der Waals surface area (Å²) in [5.74, 6) is 0. The molecular weight excluding hydrogens is 192 g/mol. The highest BCUT2D eigenvalue weighted by atomic mass is 16.4. The number of nitrogens with zero attached hydrogens (tertiary/aromatic N) is 2. The molecule has 1 aromatic rings. The second-order valence-electron chi connectivity index (χ2n) is 3.29. The van der Waals surface area contributed by atoms with Crippen molar-refractivity contribution in [2.45, 2.75) is 13.0 Å². The summed E-state index contributed by atoms with van der Waals surface area (Å²) in [5.41, 5.74) is 1.81. The van der Waals surface area contributed by atoms with Gasteiger partial charge in [0.25, 0.3) is 0 Å². The minimum atomic E-state index is -0.958. The number of nitriles is 1. The summed E-state index contributed by atoms with van der Waals surface area (Å²) in [7, 11) is 1.51. The van der Waals surface area contributed by atoms with Crippen LogP contribution in [0, 0.1) is 11.3 Å². The topological polar surface area (TPSA) is 64.3 Å². The molecule has 0 radical (unpaired) electrons. The lowest BCUT2D eigenvalue weighted by molar-refractivity contribution is 0.153. The molecular formula is C11H12N2O2. The molecule has 0 saturated carbocycles. The van der Waals surface area contributed by atoms with E-state index in [0.717, 1.165) is 11.1 Å². The Morgan fingerprint density at radius 3 is 2.80 bits per heavy atom. The standard InChI is InChI=1S/C11H12N2O2/c1-13(11(14)15)8-10-4-2-3-9(7-10)5-6-12/h2-4,7H,5,8H2,1H3,(H,14,15). The van der Waals surface area contributed by atoms with E-state index in [9.17, 15) is 4.79 Å². The van der Waals surface area contributed by atoms with Crippen molar-refractivity contribution < 1.29 is 9.90 Å². The first-order valence-corrected chi connectivity index (χ1v) is 4.52. The number of benzene rings is 1. The van der Waals surface area contributed by atoms with Gasteiger partial charge in [0.2, 0.25) is 0 Å². The maximum atomic E-state index is 10.6. The average Bonchev–Trinajstić information content (AvgIpc) is 2.18. The summed E-state index contributed by atoms with van der Waals surface area (Å²) in [5, 5.41) is 17.2. The van der Waals surface area contributed by atoms with Crippen LogP contribution < -0.4 is 0 Å². The summed E-state index contributed by atoms with van der Waals surface area (Å²) in [4.78, 5) is 11.8. The van der Waals surface area contributed by atoms with Crippen LogP contribution in [0.1, 0.15) is 11.1 Å². The van der Waals surface area contributed by atoms with Crippen molar-refractivity contribution in [1.82, 2.24) is 4.90 Å². The maximum Gasteiger partial charge on any atom is 0.407 e. The number of hydrogen-bond acceptors (Lipinski definition) is 2. The van der Waals surface area contributed by atoms with Gasteiger partial charge in [-0.3, -0.25) is 0 Å². The molecule has 0 spiro atoms. The summed E-state index contributed by atoms with van der Waals surface area (Å²) < 4.78 is 0. The molecule has 4 nitrogen and oxygen atoms in total. The van der Waals surface area contributed by atoms with Gasteiger partial charge in [-0.1, -0.05) is 24.3 Å². The van der Waals surface area contributed by atoms with Crippen molar-refractivity contribution in [2.24, 2.45) is 0 Å². The van der Waals surface area contributed by atoms with Crippen molar-refractivity contribution >= 4 is 6.09 Å². The Morgan fingerprint density at radius 1 is 1.53 bits per heavy atom. The molecule has 0 unspecified atom stereocenters. The fourth-order valence-corrected chi connectivity index (χ4v) is 1.27. The molecule has 0 aliphatic heterocycles. The van der Waals surface area contributed by atoms with Gasteiger partial charge in [0, 0.05) is 13.6 Å². The molecule has 0 fully saturated rings. The van der Waals surface area contributed by atoms with E-state index in [1.165, 1.54) is 11.9 Å². The number of hydrogen-bond donors (Lipinski definition) is 1. The van der Waals surface area contributed by atoms with E-state index in [1.54, 1.807) is 0 Å². The van der Waals surface area contributed by atoms with Gasteiger partial charge >= 0.3 is 6.09 Å². The first-order valence-electron chi connectivity index (χ1n) is 4.52. The number of amides is 1. The Bertz CT molecular complexity index is 396. The Morgan fingerprint density at radius 2 is 2.20 bits per heavy atom. The minimum absolute atomic E-state index is 0.342. The molecule has 0 aromatic heterocycles. The van der Waals surface area contributed by atoms with Crippen LogP contribution in [0.25, 0.3) is 0 Å². The Balaban J connectivity index is 2.74. The van der Waals surface area contributed by atoms with Gasteiger partial charge in [0.15, 0.2) is 0 Å². The molecule has 1 rings (SSSR count). The molecule has 78 valence electrons. The summed E-state index contributed by atoms with van der Waals surface area (Å²) in [6.07, 6.45) is -0.606. The van der Waals surface area contributed by atoms with Crippen LogP contribution in [0.4, 0.5) is 4.79 Å². The van der Waals surface area contributed by atoms with E-state index in [1.807, 2.05) is 24.3 Å². The fraction of sp³-hybridized carbons (Fsp3) is 0.273. The van der Waals surface area contributed by atoms with Crippen molar-refractivity contribution in [1.29, 1.82) is 5.26 Å². The average molecular weight is 204 g/mol. The van der Waals surface area contributed by atoms with E-state index in [-0.39, 0.29) is 0 Å². The zero-order chi connectivity index (χ0) is 11.3. The molecule has 0 heterocycles. The van der Waals surface area contributed by atoms with Crippen LogP contribution in [-0.2, 0) is 13.0 Å². The van der Waals surface area contributed by atoms with Crippen molar-refractivity contribution in [3.63, 3.8) is 0 Å². The van der Waals surface area contributed by atoms with Gasteiger partial charge in [0.1, 0.15) is 0 Å². The third kappa shape index (κ3) is 3.31. The number of carboxylic acid groups (broad SMARTS) is 1. The molecule has 0 aliphatic carbocycles. The van der Waals surface area contributed by atoms with Crippen LogP contribution >= 0.6 is 0 Å². The predicted molar refractivity (Wildman–Crippen MR) is 55.3 cm³/mol. The molecule has 15 heavy (non-hydrogen) atoms. The quantitative estimate of drug-likeness (QED) is 0.817. The normalized spacial score (nSPS) is 9.33. The fourth-order valence-electron chi connectivity index (χ4n) is 1.27. The lowest BCUT2D eigenvalue weighted by Gasteiger charge is -2.13. The molecule has 0 aliphatic rings. The highest BCUT2D eigenvalue weighted by molar-refractivity contribution is 5.64. The lowest BCUT2D eigenvalue weighted by atomic mass is 10.1. The monoisotopic (exact) mass is 204 g/mol. The second-order valence-corrected chi connectivity index (χ2v) is 3.29. The SMILES string of the molecule is CN(Cc1cccc(CC#N)c1)C(=O)O. The van der Waals surface area contributed by atoms with Crippen molar-refractivity contribution in [3.8, 4) is 6.07 Å². The first kappa shape index (κ1) is 11.1. The van der Waals surface area contributed by atoms with E-state index in [0.29, 0.717) is 13.0 Å². The smallest absolute Gasteiger partial charge is 0.407 e. The lowest BCUT2D eigenvalue weighted by Crippen LogP contribution is -2.23. The first-order chi connectivity index (χ1) is 7.13. The number of carbonyl (C=O) groups is 1. The highest BCUT2D eigenvalue weighted by Gasteiger charge is 2.05. The van der Waals surface area contributed by atoms with Gasteiger partial charge in [-0.2, -0.15) is 5.26 Å². The molecule has 1 aromatic carbocycles. The molecule has 1 N–H and O–H groups in total. The molecule has 0 bridgehead atoms. The zero-order valence-electron chi connectivity index (χ0n) is 8.47. The summed E-state index contributed by atoms with van der Waals surface area (Å²) in [6, 6.07) is 9.44.